The molecule has 1 N–H and O–H groups in total. The molecule has 2 rings (SSSR count). The molecule has 2 aromatic heterocycles. The molecule has 0 aliphatic heterocycles. The standard InChI is InChI=1S/C7H5ClN4O3/c1-11-4-3(7(13)10-11)2-9-6(8)5(4)12(14)15/h2H,1H3,(H,10,13). The van der Waals surface area contributed by atoms with Crippen LogP contribution in [0.5, 0.6) is 0 Å². The first kappa shape index (κ1) is 9.66. The maximum absolute atomic E-state index is 11.3. The number of nitrogens with zero attached hydrogens (tertiary/aromatic N) is 3. The van der Waals surface area contributed by atoms with Crippen LogP contribution in [0.25, 0.3) is 10.9 Å². The van der Waals surface area contributed by atoms with E-state index in [-0.39, 0.29) is 21.7 Å². The Morgan fingerprint density at radius 3 is 2.93 bits per heavy atom. The molecule has 0 amide bonds. The maximum Gasteiger partial charge on any atom is 0.332 e. The number of nitrogens with one attached hydrogen (secondary N) is 1. The zero-order valence-electron chi connectivity index (χ0n) is 7.52. The van der Waals surface area contributed by atoms with Gasteiger partial charge in [-0.1, -0.05) is 11.6 Å². The molecule has 0 aliphatic rings. The van der Waals surface area contributed by atoms with Gasteiger partial charge in [0, 0.05) is 13.2 Å². The Morgan fingerprint density at radius 2 is 2.33 bits per heavy atom. The van der Waals surface area contributed by atoms with Crippen LogP contribution in [0, 0.1) is 10.1 Å². The van der Waals surface area contributed by atoms with Crippen LogP contribution in [0.15, 0.2) is 11.0 Å². The molecule has 0 fully saturated rings. The molecule has 0 spiro atoms. The van der Waals surface area contributed by atoms with Gasteiger partial charge in [0.05, 0.1) is 10.3 Å². The summed E-state index contributed by atoms with van der Waals surface area (Å²) in [5.41, 5.74) is -0.653. The quantitative estimate of drug-likeness (QED) is 0.444. The van der Waals surface area contributed by atoms with Gasteiger partial charge >= 0.3 is 5.69 Å². The third-order valence-corrected chi connectivity index (χ3v) is 2.29. The molecule has 7 nitrogen and oxygen atoms in total. The Hall–Kier alpha value is -1.89. The van der Waals surface area contributed by atoms with Crippen LogP contribution < -0.4 is 5.56 Å². The van der Waals surface area contributed by atoms with Crippen molar-refractivity contribution in [1.82, 2.24) is 14.8 Å². The maximum atomic E-state index is 11.3. The van der Waals surface area contributed by atoms with E-state index >= 15 is 0 Å². The third-order valence-electron chi connectivity index (χ3n) is 2.01. The number of fused-ring (bicyclic) bond motifs is 1. The van der Waals surface area contributed by atoms with Crippen LogP contribution in [0.4, 0.5) is 5.69 Å². The SMILES string of the molecule is Cn1[nH]c(=O)c2cnc(Cl)c([N+](=O)[O-])c21. The second-order valence-electron chi connectivity index (χ2n) is 2.92. The summed E-state index contributed by atoms with van der Waals surface area (Å²) < 4.78 is 1.25. The van der Waals surface area contributed by atoms with E-state index in [0.29, 0.717) is 0 Å². The molecular formula is C7H5ClN4O3. The number of aromatic nitrogens is 3. The van der Waals surface area contributed by atoms with Gasteiger partial charge < -0.3 is 0 Å². The fraction of sp³-hybridized carbons (Fsp3) is 0.143. The number of nitro groups is 1. The minimum Gasteiger partial charge on any atom is -0.281 e. The number of pyridine rings is 1. The highest BCUT2D eigenvalue weighted by Gasteiger charge is 2.23. The number of hydrogen-bond acceptors (Lipinski definition) is 4. The fourth-order valence-corrected chi connectivity index (χ4v) is 1.61. The Balaban J connectivity index is 3.05. The van der Waals surface area contributed by atoms with Crippen LogP contribution in [-0.4, -0.2) is 19.7 Å². The summed E-state index contributed by atoms with van der Waals surface area (Å²) in [6, 6.07) is 0. The van der Waals surface area contributed by atoms with E-state index in [4.69, 9.17) is 11.6 Å². The molecule has 0 saturated heterocycles. The summed E-state index contributed by atoms with van der Waals surface area (Å²) in [5, 5.41) is 13.1. The van der Waals surface area contributed by atoms with Crippen molar-refractivity contribution < 1.29 is 4.92 Å². The first-order valence-corrected chi connectivity index (χ1v) is 4.27. The number of rotatable bonds is 1. The number of hydrogen-bond donors (Lipinski definition) is 1. The largest absolute Gasteiger partial charge is 0.332 e. The highest BCUT2D eigenvalue weighted by atomic mass is 35.5. The van der Waals surface area contributed by atoms with Crippen molar-refractivity contribution in [2.45, 2.75) is 0 Å². The smallest absolute Gasteiger partial charge is 0.281 e. The monoisotopic (exact) mass is 228 g/mol. The zero-order valence-corrected chi connectivity index (χ0v) is 8.28. The van der Waals surface area contributed by atoms with Crippen LogP contribution in [0.3, 0.4) is 0 Å². The van der Waals surface area contributed by atoms with E-state index < -0.39 is 10.5 Å². The van der Waals surface area contributed by atoms with Crippen LogP contribution in [-0.2, 0) is 7.05 Å². The van der Waals surface area contributed by atoms with Gasteiger partial charge in [0.2, 0.25) is 5.15 Å². The predicted octanol–water partition coefficient (Wildman–Crippen LogP) is 0.823. The molecule has 0 unspecified atom stereocenters. The first-order valence-electron chi connectivity index (χ1n) is 3.90. The van der Waals surface area contributed by atoms with E-state index in [1.165, 1.54) is 17.9 Å². The van der Waals surface area contributed by atoms with Gasteiger partial charge in [0.1, 0.15) is 0 Å². The van der Waals surface area contributed by atoms with Crippen LogP contribution in [0.1, 0.15) is 0 Å². The Labute approximate surface area is 87.4 Å². The highest BCUT2D eigenvalue weighted by molar-refractivity contribution is 6.32. The molecular weight excluding hydrogens is 224 g/mol. The number of aryl methyl sites for hydroxylation is 1. The second kappa shape index (κ2) is 3.06. The average Bonchev–Trinajstić information content (AvgIpc) is 2.41. The molecule has 0 atom stereocenters. The lowest BCUT2D eigenvalue weighted by Crippen LogP contribution is -2.01. The van der Waals surface area contributed by atoms with E-state index in [0.717, 1.165) is 0 Å². The summed E-state index contributed by atoms with van der Waals surface area (Å²) in [6.45, 7) is 0. The van der Waals surface area contributed by atoms with Crippen molar-refractivity contribution in [3.63, 3.8) is 0 Å². The van der Waals surface area contributed by atoms with Crippen molar-refractivity contribution in [3.8, 4) is 0 Å². The zero-order chi connectivity index (χ0) is 11.2. The molecule has 15 heavy (non-hydrogen) atoms. The Morgan fingerprint density at radius 1 is 1.67 bits per heavy atom. The Kier molecular flexibility index (Phi) is 1.97. The third kappa shape index (κ3) is 1.28. The van der Waals surface area contributed by atoms with Crippen molar-refractivity contribution in [1.29, 1.82) is 0 Å². The molecule has 8 heteroatoms. The van der Waals surface area contributed by atoms with Gasteiger partial charge in [-0.2, -0.15) is 0 Å². The predicted molar refractivity (Wildman–Crippen MR) is 53.0 cm³/mol. The van der Waals surface area contributed by atoms with Crippen LogP contribution >= 0.6 is 11.6 Å². The molecule has 0 saturated carbocycles. The van der Waals surface area contributed by atoms with E-state index in [2.05, 4.69) is 10.1 Å². The van der Waals surface area contributed by atoms with E-state index in [1.54, 1.807) is 0 Å². The summed E-state index contributed by atoms with van der Waals surface area (Å²) in [7, 11) is 1.49. The number of halogens is 1. The van der Waals surface area contributed by atoms with Gasteiger partial charge in [0.25, 0.3) is 5.56 Å². The average molecular weight is 229 g/mol. The number of aromatic amines is 1. The van der Waals surface area contributed by atoms with Crippen molar-refractivity contribution in [3.05, 3.63) is 31.8 Å². The molecule has 0 aromatic carbocycles. The van der Waals surface area contributed by atoms with Crippen molar-refractivity contribution in [2.75, 3.05) is 0 Å². The van der Waals surface area contributed by atoms with Crippen molar-refractivity contribution in [2.24, 2.45) is 7.05 Å². The summed E-state index contributed by atoms with van der Waals surface area (Å²) in [4.78, 5) is 25.0. The first-order chi connectivity index (χ1) is 7.02. The lowest BCUT2D eigenvalue weighted by Gasteiger charge is -1.97. The molecule has 2 aromatic rings. The molecule has 0 bridgehead atoms. The van der Waals surface area contributed by atoms with Gasteiger partial charge in [-0.05, 0) is 0 Å². The Bertz CT molecular complexity index is 614. The van der Waals surface area contributed by atoms with E-state index in [9.17, 15) is 14.9 Å². The van der Waals surface area contributed by atoms with Gasteiger partial charge in [-0.25, -0.2) is 4.98 Å². The van der Waals surface area contributed by atoms with Crippen LogP contribution in [0.2, 0.25) is 5.15 Å². The normalized spacial score (nSPS) is 10.8. The lowest BCUT2D eigenvalue weighted by molar-refractivity contribution is -0.383. The molecule has 2 heterocycles. The minimum absolute atomic E-state index is 0.144. The van der Waals surface area contributed by atoms with Gasteiger partial charge in [-0.15, -0.1) is 0 Å². The summed E-state index contributed by atoms with van der Waals surface area (Å²) in [6.07, 6.45) is 1.21. The van der Waals surface area contributed by atoms with Crippen molar-refractivity contribution >= 4 is 28.2 Å². The topological polar surface area (TPSA) is 93.8 Å². The van der Waals surface area contributed by atoms with Gasteiger partial charge in [-0.3, -0.25) is 24.7 Å². The highest BCUT2D eigenvalue weighted by Crippen LogP contribution is 2.28. The second-order valence-corrected chi connectivity index (χ2v) is 3.27. The molecule has 78 valence electrons. The molecule has 0 radical (unpaired) electrons. The summed E-state index contributed by atoms with van der Waals surface area (Å²) in [5.74, 6) is 0. The van der Waals surface area contributed by atoms with Gasteiger partial charge in [0.15, 0.2) is 5.52 Å². The minimum atomic E-state index is -0.662. The summed E-state index contributed by atoms with van der Waals surface area (Å²) >= 11 is 5.60. The fourth-order valence-electron chi connectivity index (χ4n) is 1.40. The molecule has 0 aliphatic carbocycles. The van der Waals surface area contributed by atoms with E-state index in [1.807, 2.05) is 0 Å². The number of H-pyrrole nitrogens is 1. The lowest BCUT2D eigenvalue weighted by atomic mass is 10.3.